The van der Waals surface area contributed by atoms with Crippen LogP contribution in [0.15, 0.2) is 71.7 Å². The first-order valence-corrected chi connectivity index (χ1v) is 11.5. The summed E-state index contributed by atoms with van der Waals surface area (Å²) >= 11 is 1.43. The van der Waals surface area contributed by atoms with Gasteiger partial charge in [0.1, 0.15) is 11.4 Å². The first kappa shape index (κ1) is 21.8. The fraction of sp³-hybridized carbons (Fsp3) is 0.231. The van der Waals surface area contributed by atoms with E-state index in [2.05, 4.69) is 19.2 Å². The van der Waals surface area contributed by atoms with Gasteiger partial charge in [0.25, 0.3) is 11.8 Å². The first-order valence-electron chi connectivity index (χ1n) is 10.7. The molecule has 1 aromatic heterocycles. The van der Waals surface area contributed by atoms with Crippen molar-refractivity contribution >= 4 is 40.1 Å². The number of hydrogen-bond acceptors (Lipinski definition) is 5. The van der Waals surface area contributed by atoms with Gasteiger partial charge in [-0.25, -0.2) is 4.90 Å². The molecular weight excluding hydrogens is 420 g/mol. The zero-order chi connectivity index (χ0) is 22.8. The number of nitrogens with one attached hydrogen (secondary N) is 1. The molecule has 164 valence electrons. The topological polar surface area (TPSA) is 58.6 Å². The van der Waals surface area contributed by atoms with E-state index in [9.17, 15) is 9.59 Å². The van der Waals surface area contributed by atoms with Gasteiger partial charge in [0, 0.05) is 10.6 Å². The number of rotatable bonds is 7. The molecule has 0 radical (unpaired) electrons. The van der Waals surface area contributed by atoms with E-state index >= 15 is 0 Å². The fourth-order valence-electron chi connectivity index (χ4n) is 3.61. The van der Waals surface area contributed by atoms with E-state index < -0.39 is 5.91 Å². The van der Waals surface area contributed by atoms with E-state index in [4.69, 9.17) is 4.74 Å². The van der Waals surface area contributed by atoms with Gasteiger partial charge in [-0.05, 0) is 61.0 Å². The van der Waals surface area contributed by atoms with Gasteiger partial charge in [-0.1, -0.05) is 44.2 Å². The van der Waals surface area contributed by atoms with Crippen LogP contribution in [-0.4, -0.2) is 17.9 Å². The predicted octanol–water partition coefficient (Wildman–Crippen LogP) is 6.06. The van der Waals surface area contributed by atoms with E-state index in [1.54, 1.807) is 18.2 Å². The summed E-state index contributed by atoms with van der Waals surface area (Å²) in [5.41, 5.74) is 3.05. The van der Waals surface area contributed by atoms with Crippen molar-refractivity contribution in [1.82, 2.24) is 0 Å². The van der Waals surface area contributed by atoms with Crippen LogP contribution in [0.1, 0.15) is 44.1 Å². The molecule has 6 heteroatoms. The molecule has 0 unspecified atom stereocenters. The second kappa shape index (κ2) is 9.01. The molecule has 0 bridgehead atoms. The summed E-state index contributed by atoms with van der Waals surface area (Å²) in [7, 11) is 0. The van der Waals surface area contributed by atoms with Crippen LogP contribution in [0.2, 0.25) is 0 Å². The third kappa shape index (κ3) is 4.18. The molecule has 1 N–H and O–H groups in total. The number of benzene rings is 2. The van der Waals surface area contributed by atoms with Gasteiger partial charge in [-0.15, -0.1) is 11.3 Å². The molecule has 0 atom stereocenters. The lowest BCUT2D eigenvalue weighted by Gasteiger charge is -2.20. The summed E-state index contributed by atoms with van der Waals surface area (Å²) < 4.78 is 5.89. The molecule has 1 aliphatic heterocycles. The first-order chi connectivity index (χ1) is 15.4. The molecule has 2 heterocycles. The van der Waals surface area contributed by atoms with E-state index in [1.165, 1.54) is 21.8 Å². The van der Waals surface area contributed by atoms with Crippen LogP contribution < -0.4 is 15.0 Å². The highest BCUT2D eigenvalue weighted by Gasteiger charge is 2.41. The number of imide groups is 1. The Balaban J connectivity index is 1.75. The molecule has 5 nitrogen and oxygen atoms in total. The SMILES string of the molecule is CC(C)Oc1ccccc1N1C(=O)C(Nc2ccc(C(C)C)cc2)=C(c2cccs2)C1=O. The number of hydrogen-bond donors (Lipinski definition) is 1. The third-order valence-electron chi connectivity index (χ3n) is 5.17. The summed E-state index contributed by atoms with van der Waals surface area (Å²) in [5.74, 6) is 0.148. The van der Waals surface area contributed by atoms with Crippen molar-refractivity contribution in [3.05, 3.63) is 82.2 Å². The Kier molecular flexibility index (Phi) is 6.15. The van der Waals surface area contributed by atoms with Crippen LogP contribution in [0.3, 0.4) is 0 Å². The Morgan fingerprint density at radius 2 is 1.59 bits per heavy atom. The Bertz CT molecular complexity index is 1160. The highest BCUT2D eigenvalue weighted by molar-refractivity contribution is 7.11. The maximum Gasteiger partial charge on any atom is 0.282 e. The number of carbonyl (C=O) groups is 2. The molecule has 3 aromatic rings. The van der Waals surface area contributed by atoms with Crippen LogP contribution in [-0.2, 0) is 9.59 Å². The largest absolute Gasteiger partial charge is 0.489 e. The average molecular weight is 447 g/mol. The quantitative estimate of drug-likeness (QED) is 0.449. The number of ether oxygens (including phenoxy) is 1. The third-order valence-corrected chi connectivity index (χ3v) is 6.05. The minimum atomic E-state index is -0.397. The van der Waals surface area contributed by atoms with E-state index in [0.717, 1.165) is 10.6 Å². The van der Waals surface area contributed by atoms with Crippen molar-refractivity contribution in [3.8, 4) is 5.75 Å². The van der Waals surface area contributed by atoms with Gasteiger partial charge in [0.2, 0.25) is 0 Å². The highest BCUT2D eigenvalue weighted by Crippen LogP contribution is 2.39. The maximum atomic E-state index is 13.6. The number of amides is 2. The average Bonchev–Trinajstić information content (AvgIpc) is 3.36. The molecule has 2 amide bonds. The van der Waals surface area contributed by atoms with Crippen LogP contribution in [0.25, 0.3) is 5.57 Å². The molecule has 32 heavy (non-hydrogen) atoms. The smallest absolute Gasteiger partial charge is 0.282 e. The molecule has 0 saturated carbocycles. The van der Waals surface area contributed by atoms with Crippen molar-refractivity contribution in [1.29, 1.82) is 0 Å². The Hall–Kier alpha value is -3.38. The summed E-state index contributed by atoms with van der Waals surface area (Å²) in [5, 5.41) is 5.12. The summed E-state index contributed by atoms with van der Waals surface area (Å²) in [6.07, 6.45) is -0.0919. The van der Waals surface area contributed by atoms with Crippen LogP contribution in [0, 0.1) is 0 Å². The van der Waals surface area contributed by atoms with Crippen molar-refractivity contribution < 1.29 is 14.3 Å². The highest BCUT2D eigenvalue weighted by atomic mass is 32.1. The molecule has 4 rings (SSSR count). The van der Waals surface area contributed by atoms with Gasteiger partial charge >= 0.3 is 0 Å². The lowest BCUT2D eigenvalue weighted by Crippen LogP contribution is -2.33. The van der Waals surface area contributed by atoms with Gasteiger partial charge in [0.15, 0.2) is 0 Å². The molecule has 2 aromatic carbocycles. The Morgan fingerprint density at radius 1 is 0.875 bits per heavy atom. The summed E-state index contributed by atoms with van der Waals surface area (Å²) in [6, 6.07) is 18.8. The number of carbonyl (C=O) groups excluding carboxylic acids is 2. The van der Waals surface area contributed by atoms with Gasteiger partial charge < -0.3 is 10.1 Å². The minimum Gasteiger partial charge on any atom is -0.489 e. The second-order valence-electron chi connectivity index (χ2n) is 8.21. The predicted molar refractivity (Wildman–Crippen MR) is 130 cm³/mol. The number of thiophene rings is 1. The van der Waals surface area contributed by atoms with Gasteiger partial charge in [-0.3, -0.25) is 9.59 Å². The lowest BCUT2D eigenvalue weighted by atomic mass is 10.0. The molecular formula is C26H26N2O3S. The van der Waals surface area contributed by atoms with Gasteiger partial charge in [-0.2, -0.15) is 0 Å². The molecule has 0 saturated heterocycles. The number of nitrogens with zero attached hydrogens (tertiary/aromatic N) is 1. The summed E-state index contributed by atoms with van der Waals surface area (Å²) in [4.78, 5) is 29.1. The Labute approximate surface area is 192 Å². The van der Waals surface area contributed by atoms with Crippen LogP contribution in [0.5, 0.6) is 5.75 Å². The maximum absolute atomic E-state index is 13.6. The van der Waals surface area contributed by atoms with E-state index in [1.807, 2.05) is 61.7 Å². The number of para-hydroxylation sites is 2. The Morgan fingerprint density at radius 3 is 2.22 bits per heavy atom. The van der Waals surface area contributed by atoms with E-state index in [-0.39, 0.29) is 17.7 Å². The van der Waals surface area contributed by atoms with Crippen molar-refractivity contribution in [2.45, 2.75) is 39.7 Å². The van der Waals surface area contributed by atoms with Crippen molar-refractivity contribution in [2.24, 2.45) is 0 Å². The van der Waals surface area contributed by atoms with Crippen molar-refractivity contribution in [2.75, 3.05) is 10.2 Å². The fourth-order valence-corrected chi connectivity index (χ4v) is 4.37. The van der Waals surface area contributed by atoms with Crippen molar-refractivity contribution in [3.63, 3.8) is 0 Å². The standard InChI is InChI=1S/C26H26N2O3S/c1-16(2)18-11-13-19(14-12-18)27-24-23(22-10-7-15-32-22)25(29)28(26(24)30)20-8-5-6-9-21(20)31-17(3)4/h5-17,27H,1-4H3. The second-order valence-corrected chi connectivity index (χ2v) is 9.16. The van der Waals surface area contributed by atoms with Gasteiger partial charge in [0.05, 0.1) is 17.4 Å². The molecule has 0 spiro atoms. The minimum absolute atomic E-state index is 0.0919. The number of anilines is 2. The zero-order valence-corrected chi connectivity index (χ0v) is 19.4. The lowest BCUT2D eigenvalue weighted by molar-refractivity contribution is -0.120. The summed E-state index contributed by atoms with van der Waals surface area (Å²) in [6.45, 7) is 8.09. The molecule has 0 aliphatic carbocycles. The monoisotopic (exact) mass is 446 g/mol. The van der Waals surface area contributed by atoms with Crippen LogP contribution in [0.4, 0.5) is 11.4 Å². The van der Waals surface area contributed by atoms with E-state index in [0.29, 0.717) is 22.9 Å². The zero-order valence-electron chi connectivity index (χ0n) is 18.6. The molecule has 0 fully saturated rings. The normalized spacial score (nSPS) is 14.1. The molecule has 1 aliphatic rings. The van der Waals surface area contributed by atoms with Crippen LogP contribution >= 0.6 is 11.3 Å².